The lowest BCUT2D eigenvalue weighted by Gasteiger charge is -2.04. The van der Waals surface area contributed by atoms with Crippen LogP contribution in [0.2, 0.25) is 0 Å². The smallest absolute Gasteiger partial charge is 0.122 e. The fraction of sp³-hybridized carbons (Fsp3) is 0.333. The Morgan fingerprint density at radius 3 is 2.25 bits per heavy atom. The molecule has 12 heavy (non-hydrogen) atoms. The van der Waals surface area contributed by atoms with Gasteiger partial charge < -0.3 is 10.2 Å². The molecule has 0 aliphatic heterocycles. The van der Waals surface area contributed by atoms with Crippen molar-refractivity contribution in [2.45, 2.75) is 12.8 Å². The Labute approximate surface area is 80.0 Å². The van der Waals surface area contributed by atoms with Crippen LogP contribution in [-0.2, 0) is 6.42 Å². The van der Waals surface area contributed by atoms with E-state index >= 15 is 0 Å². The van der Waals surface area contributed by atoms with Gasteiger partial charge in [0.2, 0.25) is 0 Å². The van der Waals surface area contributed by atoms with Crippen LogP contribution in [-0.4, -0.2) is 15.5 Å². The summed E-state index contributed by atoms with van der Waals surface area (Å²) >= 11 is 3.29. The van der Waals surface area contributed by atoms with Crippen LogP contribution in [0, 0.1) is 0 Å². The van der Waals surface area contributed by atoms with Crippen LogP contribution in [0.5, 0.6) is 11.5 Å². The fourth-order valence-electron chi connectivity index (χ4n) is 1.06. The molecule has 0 spiro atoms. The number of rotatable bonds is 3. The first kappa shape index (κ1) is 9.39. The Balaban J connectivity index is 2.81. The topological polar surface area (TPSA) is 40.5 Å². The predicted octanol–water partition coefficient (Wildman–Crippen LogP) is 2.43. The van der Waals surface area contributed by atoms with Gasteiger partial charge in [-0.2, -0.15) is 0 Å². The summed E-state index contributed by atoms with van der Waals surface area (Å²) in [7, 11) is 0. The Morgan fingerprint density at radius 1 is 1.17 bits per heavy atom. The van der Waals surface area contributed by atoms with E-state index in [-0.39, 0.29) is 11.5 Å². The Kier molecular flexibility index (Phi) is 3.41. The highest BCUT2D eigenvalue weighted by Gasteiger charge is 2.04. The van der Waals surface area contributed by atoms with Crippen LogP contribution < -0.4 is 0 Å². The van der Waals surface area contributed by atoms with Crippen molar-refractivity contribution in [3.8, 4) is 11.5 Å². The molecule has 0 fully saturated rings. The van der Waals surface area contributed by atoms with E-state index < -0.39 is 0 Å². The van der Waals surface area contributed by atoms with Gasteiger partial charge in [0.1, 0.15) is 11.5 Å². The Hall–Kier alpha value is -0.700. The minimum atomic E-state index is 0.177. The summed E-state index contributed by atoms with van der Waals surface area (Å²) in [4.78, 5) is 0. The van der Waals surface area contributed by atoms with Crippen molar-refractivity contribution in [3.63, 3.8) is 0 Å². The van der Waals surface area contributed by atoms with Crippen LogP contribution in [0.4, 0.5) is 0 Å². The summed E-state index contributed by atoms with van der Waals surface area (Å²) in [6, 6.07) is 4.80. The van der Waals surface area contributed by atoms with Crippen LogP contribution in [0.1, 0.15) is 12.0 Å². The second-order valence-corrected chi connectivity index (χ2v) is 3.36. The van der Waals surface area contributed by atoms with E-state index in [1.807, 2.05) is 0 Å². The normalized spacial score (nSPS) is 10.1. The molecule has 0 radical (unpaired) electrons. The van der Waals surface area contributed by atoms with Crippen molar-refractivity contribution >= 4 is 15.9 Å². The van der Waals surface area contributed by atoms with Gasteiger partial charge in [-0.15, -0.1) is 0 Å². The number of benzene rings is 1. The first-order chi connectivity index (χ1) is 5.75. The molecule has 1 aromatic rings. The lowest BCUT2D eigenvalue weighted by atomic mass is 10.1. The van der Waals surface area contributed by atoms with Crippen LogP contribution in [0.3, 0.4) is 0 Å². The molecule has 0 unspecified atom stereocenters. The largest absolute Gasteiger partial charge is 0.508 e. The van der Waals surface area contributed by atoms with E-state index in [2.05, 4.69) is 15.9 Å². The number of alkyl halides is 1. The molecule has 0 aromatic heterocycles. The van der Waals surface area contributed by atoms with Crippen molar-refractivity contribution < 1.29 is 10.2 Å². The Morgan fingerprint density at radius 2 is 1.75 bits per heavy atom. The lowest BCUT2D eigenvalue weighted by Crippen LogP contribution is -1.87. The second-order valence-electron chi connectivity index (χ2n) is 2.57. The van der Waals surface area contributed by atoms with Gasteiger partial charge in [-0.25, -0.2) is 0 Å². The van der Waals surface area contributed by atoms with E-state index in [4.69, 9.17) is 0 Å². The van der Waals surface area contributed by atoms with Gasteiger partial charge in [-0.3, -0.25) is 0 Å². The number of halogens is 1. The van der Waals surface area contributed by atoms with Gasteiger partial charge in [-0.1, -0.05) is 22.0 Å². The third-order valence-electron chi connectivity index (χ3n) is 1.69. The molecule has 0 saturated carbocycles. The Bertz CT molecular complexity index is 240. The van der Waals surface area contributed by atoms with Crippen LogP contribution in [0.15, 0.2) is 18.2 Å². The lowest BCUT2D eigenvalue weighted by molar-refractivity contribution is 0.438. The monoisotopic (exact) mass is 230 g/mol. The van der Waals surface area contributed by atoms with E-state index in [0.29, 0.717) is 12.0 Å². The summed E-state index contributed by atoms with van der Waals surface area (Å²) in [5, 5.41) is 19.6. The molecule has 0 heterocycles. The summed E-state index contributed by atoms with van der Waals surface area (Å²) in [6.45, 7) is 0. The first-order valence-corrected chi connectivity index (χ1v) is 4.93. The maximum atomic E-state index is 9.34. The molecular formula is C9H11BrO2. The third kappa shape index (κ3) is 2.14. The van der Waals surface area contributed by atoms with Gasteiger partial charge in [0.05, 0.1) is 0 Å². The molecule has 3 heteroatoms. The van der Waals surface area contributed by atoms with Gasteiger partial charge in [-0.05, 0) is 25.0 Å². The van der Waals surface area contributed by atoms with Crippen molar-refractivity contribution in [2.24, 2.45) is 0 Å². The average molecular weight is 231 g/mol. The molecule has 1 rings (SSSR count). The van der Waals surface area contributed by atoms with Crippen molar-refractivity contribution in [3.05, 3.63) is 23.8 Å². The molecule has 0 saturated heterocycles. The predicted molar refractivity (Wildman–Crippen MR) is 51.9 cm³/mol. The highest BCUT2D eigenvalue weighted by Crippen LogP contribution is 2.27. The molecule has 0 aliphatic carbocycles. The van der Waals surface area contributed by atoms with Crippen molar-refractivity contribution in [2.75, 3.05) is 5.33 Å². The zero-order chi connectivity index (χ0) is 8.97. The molecule has 1 aromatic carbocycles. The molecule has 2 N–H and O–H groups in total. The summed E-state index contributed by atoms with van der Waals surface area (Å²) in [5.41, 5.74) is 0.636. The van der Waals surface area contributed by atoms with Gasteiger partial charge in [0.15, 0.2) is 0 Å². The maximum Gasteiger partial charge on any atom is 0.122 e. The quantitative estimate of drug-likeness (QED) is 0.784. The van der Waals surface area contributed by atoms with Crippen LogP contribution in [0.25, 0.3) is 0 Å². The van der Waals surface area contributed by atoms with Crippen molar-refractivity contribution in [1.82, 2.24) is 0 Å². The zero-order valence-corrected chi connectivity index (χ0v) is 8.21. The highest BCUT2D eigenvalue weighted by molar-refractivity contribution is 9.09. The molecule has 0 atom stereocenters. The van der Waals surface area contributed by atoms with Gasteiger partial charge in [0.25, 0.3) is 0 Å². The minimum absolute atomic E-state index is 0.177. The summed E-state index contributed by atoms with van der Waals surface area (Å²) in [6.07, 6.45) is 1.61. The van der Waals surface area contributed by atoms with Crippen LogP contribution >= 0.6 is 15.9 Å². The second kappa shape index (κ2) is 4.36. The highest BCUT2D eigenvalue weighted by atomic mass is 79.9. The zero-order valence-electron chi connectivity index (χ0n) is 6.63. The average Bonchev–Trinajstić information content (AvgIpc) is 2.04. The molecular weight excluding hydrogens is 220 g/mol. The van der Waals surface area contributed by atoms with E-state index in [0.717, 1.165) is 11.8 Å². The molecule has 0 bridgehead atoms. The number of phenols is 2. The van der Waals surface area contributed by atoms with E-state index in [9.17, 15) is 10.2 Å². The summed E-state index contributed by atoms with van der Waals surface area (Å²) < 4.78 is 0. The maximum absolute atomic E-state index is 9.34. The summed E-state index contributed by atoms with van der Waals surface area (Å²) in [5.74, 6) is 0.354. The van der Waals surface area contributed by atoms with Gasteiger partial charge in [0, 0.05) is 10.9 Å². The molecule has 0 amide bonds. The number of aromatic hydroxyl groups is 2. The molecule has 66 valence electrons. The fourth-order valence-corrected chi connectivity index (χ4v) is 1.34. The van der Waals surface area contributed by atoms with E-state index in [1.165, 1.54) is 0 Å². The standard InChI is InChI=1S/C9H11BrO2/c10-6-2-3-7-8(11)4-1-5-9(7)12/h1,4-5,11-12H,2-3,6H2. The third-order valence-corrected chi connectivity index (χ3v) is 2.25. The van der Waals surface area contributed by atoms with E-state index in [1.54, 1.807) is 18.2 Å². The number of hydrogen-bond acceptors (Lipinski definition) is 2. The minimum Gasteiger partial charge on any atom is -0.508 e. The van der Waals surface area contributed by atoms with Gasteiger partial charge >= 0.3 is 0 Å². The number of hydrogen-bond donors (Lipinski definition) is 2. The SMILES string of the molecule is Oc1cccc(O)c1CCCBr. The molecule has 0 aliphatic rings. The first-order valence-electron chi connectivity index (χ1n) is 3.81. The number of phenolic OH excluding ortho intramolecular Hbond substituents is 2. The van der Waals surface area contributed by atoms with Crippen molar-refractivity contribution in [1.29, 1.82) is 0 Å². The molecule has 2 nitrogen and oxygen atoms in total.